The highest BCUT2D eigenvalue weighted by atomic mass is 19.1. The van der Waals surface area contributed by atoms with Gasteiger partial charge in [0.15, 0.2) is 6.61 Å². The largest absolute Gasteiger partial charge is 0.452 e. The van der Waals surface area contributed by atoms with Crippen molar-refractivity contribution < 1.29 is 28.4 Å². The first-order valence-corrected chi connectivity index (χ1v) is 8.39. The lowest BCUT2D eigenvalue weighted by Gasteiger charge is -2.17. The van der Waals surface area contributed by atoms with Crippen LogP contribution in [-0.2, 0) is 14.3 Å². The van der Waals surface area contributed by atoms with Gasteiger partial charge in [-0.2, -0.15) is 0 Å². The van der Waals surface area contributed by atoms with Crippen molar-refractivity contribution >= 4 is 29.2 Å². The molecule has 0 aliphatic rings. The van der Waals surface area contributed by atoms with E-state index in [2.05, 4.69) is 5.32 Å². The number of benzene rings is 2. The molecule has 2 aromatic rings. The first-order valence-electron chi connectivity index (χ1n) is 8.39. The van der Waals surface area contributed by atoms with Crippen LogP contribution in [0.25, 0.3) is 0 Å². The van der Waals surface area contributed by atoms with Gasteiger partial charge in [0.1, 0.15) is 11.4 Å². The zero-order valence-corrected chi connectivity index (χ0v) is 15.7. The van der Waals surface area contributed by atoms with Gasteiger partial charge in [0, 0.05) is 18.3 Å². The van der Waals surface area contributed by atoms with E-state index in [0.29, 0.717) is 5.69 Å². The van der Waals surface area contributed by atoms with Crippen LogP contribution < -0.4 is 5.32 Å². The summed E-state index contributed by atoms with van der Waals surface area (Å²) in [5.41, 5.74) is -0.0164. The number of nitro benzene ring substituents is 1. The first kappa shape index (κ1) is 21.5. The lowest BCUT2D eigenvalue weighted by Crippen LogP contribution is -2.37. The van der Waals surface area contributed by atoms with E-state index in [-0.39, 0.29) is 17.7 Å². The number of amides is 2. The van der Waals surface area contributed by atoms with E-state index in [1.807, 2.05) is 0 Å². The van der Waals surface area contributed by atoms with Gasteiger partial charge in [0.25, 0.3) is 11.6 Å². The standard InChI is InChI=1S/C19H18FN3O6/c1-12-4-3-5-15(18(12)23(27)28)19(26)29-11-17(25)22(2)10-16(24)21-14-8-6-13(20)7-9-14/h3-9H,10-11H2,1-2H3,(H,21,24). The maximum Gasteiger partial charge on any atom is 0.345 e. The Morgan fingerprint density at radius 3 is 2.45 bits per heavy atom. The SMILES string of the molecule is Cc1cccc(C(=O)OCC(=O)N(C)CC(=O)Nc2ccc(F)cc2)c1[N+](=O)[O-]. The fourth-order valence-corrected chi connectivity index (χ4v) is 2.42. The van der Waals surface area contributed by atoms with Crippen molar-refractivity contribution in [1.82, 2.24) is 4.90 Å². The number of para-hydroxylation sites is 1. The number of nitro groups is 1. The molecular formula is C19H18FN3O6. The number of esters is 1. The smallest absolute Gasteiger partial charge is 0.345 e. The van der Waals surface area contributed by atoms with Crippen LogP contribution in [0, 0.1) is 22.9 Å². The quantitative estimate of drug-likeness (QED) is 0.430. The van der Waals surface area contributed by atoms with E-state index < -0.39 is 40.8 Å². The van der Waals surface area contributed by atoms with Crippen molar-refractivity contribution in [2.24, 2.45) is 0 Å². The third-order valence-electron chi connectivity index (χ3n) is 3.90. The third-order valence-corrected chi connectivity index (χ3v) is 3.90. The maximum atomic E-state index is 12.9. The number of ether oxygens (including phenoxy) is 1. The summed E-state index contributed by atoms with van der Waals surface area (Å²) in [6.07, 6.45) is 0. The van der Waals surface area contributed by atoms with Crippen molar-refractivity contribution in [1.29, 1.82) is 0 Å². The van der Waals surface area contributed by atoms with Gasteiger partial charge in [-0.15, -0.1) is 0 Å². The number of hydrogen-bond donors (Lipinski definition) is 1. The van der Waals surface area contributed by atoms with Gasteiger partial charge in [0.2, 0.25) is 5.91 Å². The topological polar surface area (TPSA) is 119 Å². The first-order chi connectivity index (χ1) is 13.7. The molecule has 1 N–H and O–H groups in total. The highest BCUT2D eigenvalue weighted by Gasteiger charge is 2.24. The molecule has 0 spiro atoms. The molecule has 0 saturated carbocycles. The Morgan fingerprint density at radius 1 is 1.17 bits per heavy atom. The molecule has 0 aromatic heterocycles. The second-order valence-electron chi connectivity index (χ2n) is 6.11. The van der Waals surface area contributed by atoms with Gasteiger partial charge in [-0.3, -0.25) is 19.7 Å². The molecular weight excluding hydrogens is 385 g/mol. The Labute approximate surface area is 165 Å². The molecule has 9 nitrogen and oxygen atoms in total. The molecule has 0 saturated heterocycles. The van der Waals surface area contributed by atoms with Crippen molar-refractivity contribution in [3.05, 3.63) is 69.5 Å². The van der Waals surface area contributed by atoms with Gasteiger partial charge in [-0.05, 0) is 37.3 Å². The van der Waals surface area contributed by atoms with Crippen LogP contribution in [0.15, 0.2) is 42.5 Å². The molecule has 0 bridgehead atoms. The molecule has 152 valence electrons. The number of aryl methyl sites for hydroxylation is 1. The Morgan fingerprint density at radius 2 is 1.83 bits per heavy atom. The van der Waals surface area contributed by atoms with Crippen LogP contribution in [0.5, 0.6) is 0 Å². The molecule has 2 rings (SSSR count). The van der Waals surface area contributed by atoms with Crippen LogP contribution in [-0.4, -0.2) is 47.8 Å². The third kappa shape index (κ3) is 5.83. The van der Waals surface area contributed by atoms with Crippen LogP contribution in [0.3, 0.4) is 0 Å². The zero-order valence-electron chi connectivity index (χ0n) is 15.7. The average molecular weight is 403 g/mol. The summed E-state index contributed by atoms with van der Waals surface area (Å²) < 4.78 is 17.7. The molecule has 0 aliphatic carbocycles. The number of halogens is 1. The molecule has 29 heavy (non-hydrogen) atoms. The predicted octanol–water partition coefficient (Wildman–Crippen LogP) is 2.30. The van der Waals surface area contributed by atoms with E-state index in [1.165, 1.54) is 56.4 Å². The minimum Gasteiger partial charge on any atom is -0.452 e. The van der Waals surface area contributed by atoms with E-state index in [1.54, 1.807) is 0 Å². The predicted molar refractivity (Wildman–Crippen MR) is 101 cm³/mol. The van der Waals surface area contributed by atoms with E-state index in [9.17, 15) is 28.9 Å². The summed E-state index contributed by atoms with van der Waals surface area (Å²) in [5.74, 6) is -2.68. The van der Waals surface area contributed by atoms with Gasteiger partial charge in [-0.1, -0.05) is 12.1 Å². The minimum atomic E-state index is -1.02. The Hall–Kier alpha value is -3.82. The van der Waals surface area contributed by atoms with Gasteiger partial charge in [0.05, 0.1) is 11.5 Å². The number of nitrogens with zero attached hydrogens (tertiary/aromatic N) is 2. The highest BCUT2D eigenvalue weighted by molar-refractivity contribution is 5.97. The number of nitrogens with one attached hydrogen (secondary N) is 1. The van der Waals surface area contributed by atoms with Crippen LogP contribution in [0.1, 0.15) is 15.9 Å². The van der Waals surface area contributed by atoms with Crippen molar-refractivity contribution in [3.8, 4) is 0 Å². The summed E-state index contributed by atoms with van der Waals surface area (Å²) in [6.45, 7) is 0.455. The molecule has 0 aliphatic heterocycles. The van der Waals surface area contributed by atoms with Crippen LogP contribution >= 0.6 is 0 Å². The summed E-state index contributed by atoms with van der Waals surface area (Å²) >= 11 is 0. The highest BCUT2D eigenvalue weighted by Crippen LogP contribution is 2.23. The Balaban J connectivity index is 1.90. The zero-order chi connectivity index (χ0) is 21.6. The summed E-state index contributed by atoms with van der Waals surface area (Å²) in [5, 5.41) is 13.6. The molecule has 0 atom stereocenters. The second-order valence-corrected chi connectivity index (χ2v) is 6.11. The fourth-order valence-electron chi connectivity index (χ4n) is 2.42. The fraction of sp³-hybridized carbons (Fsp3) is 0.211. The van der Waals surface area contributed by atoms with Gasteiger partial charge < -0.3 is 15.0 Å². The van der Waals surface area contributed by atoms with E-state index in [4.69, 9.17) is 4.74 Å². The van der Waals surface area contributed by atoms with Gasteiger partial charge >= 0.3 is 5.97 Å². The number of likely N-dealkylation sites (N-methyl/N-ethyl adjacent to an activating group) is 1. The van der Waals surface area contributed by atoms with Crippen LogP contribution in [0.2, 0.25) is 0 Å². The molecule has 0 unspecified atom stereocenters. The maximum absolute atomic E-state index is 12.9. The number of anilines is 1. The number of carbonyl (C=O) groups excluding carboxylic acids is 3. The van der Waals surface area contributed by atoms with Crippen molar-refractivity contribution in [3.63, 3.8) is 0 Å². The van der Waals surface area contributed by atoms with Crippen LogP contribution in [0.4, 0.5) is 15.8 Å². The second kappa shape index (κ2) is 9.40. The lowest BCUT2D eigenvalue weighted by molar-refractivity contribution is -0.385. The average Bonchev–Trinajstić information content (AvgIpc) is 2.66. The number of carbonyl (C=O) groups is 3. The van der Waals surface area contributed by atoms with E-state index in [0.717, 1.165) is 4.90 Å². The molecule has 10 heteroatoms. The summed E-state index contributed by atoms with van der Waals surface area (Å²) in [4.78, 5) is 47.6. The van der Waals surface area contributed by atoms with Crippen molar-refractivity contribution in [2.45, 2.75) is 6.92 Å². The Kier molecular flexibility index (Phi) is 6.96. The summed E-state index contributed by atoms with van der Waals surface area (Å²) in [6, 6.07) is 9.26. The monoisotopic (exact) mass is 403 g/mol. The summed E-state index contributed by atoms with van der Waals surface area (Å²) in [7, 11) is 1.33. The number of rotatable bonds is 7. The molecule has 0 fully saturated rings. The lowest BCUT2D eigenvalue weighted by atomic mass is 10.1. The molecule has 0 heterocycles. The number of hydrogen-bond acceptors (Lipinski definition) is 6. The molecule has 0 radical (unpaired) electrons. The van der Waals surface area contributed by atoms with Crippen molar-refractivity contribution in [2.75, 3.05) is 25.5 Å². The van der Waals surface area contributed by atoms with Gasteiger partial charge in [-0.25, -0.2) is 9.18 Å². The molecule has 2 aromatic carbocycles. The normalized spacial score (nSPS) is 10.2. The Bertz CT molecular complexity index is 945. The minimum absolute atomic E-state index is 0.264. The molecule has 2 amide bonds. The van der Waals surface area contributed by atoms with E-state index >= 15 is 0 Å².